The third-order valence-electron chi connectivity index (χ3n) is 4.17. The summed E-state index contributed by atoms with van der Waals surface area (Å²) in [6.45, 7) is 7.29. The van der Waals surface area contributed by atoms with Crippen LogP contribution in [0, 0.1) is 20.8 Å². The highest BCUT2D eigenvalue weighted by molar-refractivity contribution is 7.92. The first-order valence-corrected chi connectivity index (χ1v) is 10.9. The summed E-state index contributed by atoms with van der Waals surface area (Å²) in [7, 11) is -3.74. The number of carbonyl (C=O) groups excluding carboxylic acids is 1. The predicted octanol–water partition coefficient (Wildman–Crippen LogP) is 4.71. The number of hydrogen-bond acceptors (Lipinski definition) is 3. The lowest BCUT2D eigenvalue weighted by atomic mass is 10.0. The van der Waals surface area contributed by atoms with E-state index in [-0.39, 0.29) is 10.7 Å². The van der Waals surface area contributed by atoms with Crippen molar-refractivity contribution in [1.82, 2.24) is 0 Å². The number of nitrogens with zero attached hydrogens (tertiary/aromatic N) is 1. The summed E-state index contributed by atoms with van der Waals surface area (Å²) >= 11 is 11.9. The molecule has 2 aromatic carbocycles. The highest BCUT2D eigenvalue weighted by atomic mass is 35.5. The maximum atomic E-state index is 12.8. The van der Waals surface area contributed by atoms with Gasteiger partial charge >= 0.3 is 0 Å². The second-order valence-corrected chi connectivity index (χ2v) is 9.27. The van der Waals surface area contributed by atoms with E-state index >= 15 is 0 Å². The number of amides is 1. The number of aryl methyl sites for hydroxylation is 3. The Morgan fingerprint density at radius 3 is 2.07 bits per heavy atom. The van der Waals surface area contributed by atoms with E-state index in [1.54, 1.807) is 0 Å². The van der Waals surface area contributed by atoms with Gasteiger partial charge in [-0.3, -0.25) is 9.10 Å². The van der Waals surface area contributed by atoms with Crippen molar-refractivity contribution in [1.29, 1.82) is 0 Å². The van der Waals surface area contributed by atoms with E-state index in [0.717, 1.165) is 27.3 Å². The molecule has 0 aromatic heterocycles. The molecule has 5 nitrogen and oxygen atoms in total. The number of carbonyl (C=O) groups is 1. The molecule has 0 heterocycles. The molecular weight excluding hydrogens is 407 g/mol. The molecular formula is C19H22Cl2N2O3S. The van der Waals surface area contributed by atoms with E-state index in [1.807, 2.05) is 32.9 Å². The maximum Gasteiger partial charge on any atom is 0.248 e. The van der Waals surface area contributed by atoms with Gasteiger partial charge in [0, 0.05) is 5.69 Å². The minimum atomic E-state index is -3.74. The van der Waals surface area contributed by atoms with E-state index in [1.165, 1.54) is 25.1 Å². The fourth-order valence-electron chi connectivity index (χ4n) is 3.04. The highest BCUT2D eigenvalue weighted by Crippen LogP contribution is 2.30. The monoisotopic (exact) mass is 428 g/mol. The number of rotatable bonds is 5. The molecule has 1 amide bonds. The van der Waals surface area contributed by atoms with Gasteiger partial charge in [-0.25, -0.2) is 8.42 Å². The first kappa shape index (κ1) is 21.5. The lowest BCUT2D eigenvalue weighted by Crippen LogP contribution is -2.45. The molecule has 0 radical (unpaired) electrons. The van der Waals surface area contributed by atoms with Crippen LogP contribution < -0.4 is 9.62 Å². The van der Waals surface area contributed by atoms with Crippen molar-refractivity contribution < 1.29 is 13.2 Å². The third kappa shape index (κ3) is 4.94. The molecule has 8 heteroatoms. The van der Waals surface area contributed by atoms with Crippen LogP contribution in [0.3, 0.4) is 0 Å². The van der Waals surface area contributed by atoms with Crippen molar-refractivity contribution in [3.8, 4) is 0 Å². The molecule has 27 heavy (non-hydrogen) atoms. The third-order valence-corrected chi connectivity index (χ3v) is 6.15. The summed E-state index contributed by atoms with van der Waals surface area (Å²) in [6.07, 6.45) is 1.04. The molecule has 0 aliphatic heterocycles. The van der Waals surface area contributed by atoms with E-state index in [0.29, 0.717) is 10.7 Å². The van der Waals surface area contributed by atoms with Gasteiger partial charge in [-0.2, -0.15) is 0 Å². The minimum Gasteiger partial charge on any atom is -0.324 e. The van der Waals surface area contributed by atoms with Crippen molar-refractivity contribution in [2.45, 2.75) is 33.7 Å². The number of hydrogen-bond donors (Lipinski definition) is 1. The van der Waals surface area contributed by atoms with Gasteiger partial charge in [0.05, 0.1) is 22.0 Å². The van der Waals surface area contributed by atoms with Gasteiger partial charge in [0.25, 0.3) is 0 Å². The summed E-state index contributed by atoms with van der Waals surface area (Å²) in [6, 6.07) is 7.37. The average Bonchev–Trinajstić information content (AvgIpc) is 2.52. The van der Waals surface area contributed by atoms with Gasteiger partial charge in [0.1, 0.15) is 6.04 Å². The average molecular weight is 429 g/mol. The topological polar surface area (TPSA) is 66.5 Å². The largest absolute Gasteiger partial charge is 0.324 e. The quantitative estimate of drug-likeness (QED) is 0.749. The molecule has 0 bridgehead atoms. The zero-order chi connectivity index (χ0) is 20.5. The molecule has 1 N–H and O–H groups in total. The Labute approximate surface area is 170 Å². The van der Waals surface area contributed by atoms with Gasteiger partial charge < -0.3 is 5.32 Å². The van der Waals surface area contributed by atoms with E-state index in [9.17, 15) is 13.2 Å². The maximum absolute atomic E-state index is 12.8. The lowest BCUT2D eigenvalue weighted by molar-refractivity contribution is -0.116. The summed E-state index contributed by atoms with van der Waals surface area (Å²) in [5, 5.41) is 3.36. The molecule has 1 atom stereocenters. The molecule has 0 aliphatic rings. The Bertz CT molecular complexity index is 967. The van der Waals surface area contributed by atoms with Crippen LogP contribution in [0.1, 0.15) is 23.6 Å². The van der Waals surface area contributed by atoms with Crippen molar-refractivity contribution in [3.63, 3.8) is 0 Å². The fourth-order valence-corrected chi connectivity index (χ4v) is 4.49. The summed E-state index contributed by atoms with van der Waals surface area (Å²) in [4.78, 5) is 12.8. The van der Waals surface area contributed by atoms with Crippen LogP contribution in [0.4, 0.5) is 11.4 Å². The highest BCUT2D eigenvalue weighted by Gasteiger charge is 2.30. The van der Waals surface area contributed by atoms with Crippen LogP contribution in [-0.2, 0) is 14.8 Å². The van der Waals surface area contributed by atoms with Crippen LogP contribution in [0.5, 0.6) is 0 Å². The first-order valence-electron chi connectivity index (χ1n) is 8.25. The van der Waals surface area contributed by atoms with Crippen molar-refractivity contribution in [2.75, 3.05) is 15.9 Å². The zero-order valence-electron chi connectivity index (χ0n) is 15.8. The first-order chi connectivity index (χ1) is 12.4. The molecule has 0 spiro atoms. The molecule has 146 valence electrons. The smallest absolute Gasteiger partial charge is 0.248 e. The number of sulfonamides is 1. The molecule has 2 aromatic rings. The number of anilines is 2. The molecule has 0 saturated heterocycles. The van der Waals surface area contributed by atoms with Crippen molar-refractivity contribution in [2.24, 2.45) is 0 Å². The number of nitrogens with one attached hydrogen (secondary N) is 1. The Morgan fingerprint density at radius 1 is 1.04 bits per heavy atom. The van der Waals surface area contributed by atoms with E-state index in [4.69, 9.17) is 23.2 Å². The second kappa shape index (κ2) is 8.09. The van der Waals surface area contributed by atoms with Gasteiger partial charge in [-0.05, 0) is 57.0 Å². The Hall–Kier alpha value is -1.76. The summed E-state index contributed by atoms with van der Waals surface area (Å²) < 4.78 is 25.8. The summed E-state index contributed by atoms with van der Waals surface area (Å²) in [5.74, 6) is -0.443. The zero-order valence-corrected chi connectivity index (χ0v) is 18.1. The van der Waals surface area contributed by atoms with E-state index < -0.39 is 22.0 Å². The van der Waals surface area contributed by atoms with Crippen LogP contribution >= 0.6 is 23.2 Å². The lowest BCUT2D eigenvalue weighted by Gasteiger charge is -2.29. The predicted molar refractivity (Wildman–Crippen MR) is 113 cm³/mol. The molecule has 0 unspecified atom stereocenters. The van der Waals surface area contributed by atoms with Gasteiger partial charge in [-0.15, -0.1) is 0 Å². The number of halogens is 2. The molecule has 0 aliphatic carbocycles. The molecule has 0 fully saturated rings. The molecule has 0 saturated carbocycles. The van der Waals surface area contributed by atoms with Gasteiger partial charge in [0.2, 0.25) is 15.9 Å². The Kier molecular flexibility index (Phi) is 6.45. The SMILES string of the molecule is Cc1cc(C)c(NC(=O)[C@@H](C)N(c2ccc(Cl)c(Cl)c2)S(C)(=O)=O)c(C)c1. The van der Waals surface area contributed by atoms with Crippen LogP contribution in [0.2, 0.25) is 10.0 Å². The standard InChI is InChI=1S/C19H22Cl2N2O3S/c1-11-8-12(2)18(13(3)9-11)22-19(24)14(4)23(27(5,25)26)15-6-7-16(20)17(21)10-15/h6-10,14H,1-5H3,(H,22,24)/t14-/m1/s1. The molecule has 2 rings (SSSR count). The summed E-state index contributed by atoms with van der Waals surface area (Å²) in [5.41, 5.74) is 3.86. The Balaban J connectivity index is 2.40. The normalized spacial score (nSPS) is 12.6. The Morgan fingerprint density at radius 2 is 1.59 bits per heavy atom. The van der Waals surface area contributed by atoms with Crippen molar-refractivity contribution in [3.05, 3.63) is 57.1 Å². The minimum absolute atomic E-state index is 0.209. The van der Waals surface area contributed by atoms with Crippen molar-refractivity contribution >= 4 is 50.5 Å². The van der Waals surface area contributed by atoms with Gasteiger partial charge in [-0.1, -0.05) is 40.9 Å². The van der Waals surface area contributed by atoms with Crippen LogP contribution in [-0.4, -0.2) is 26.6 Å². The van der Waals surface area contributed by atoms with Gasteiger partial charge in [0.15, 0.2) is 0 Å². The second-order valence-electron chi connectivity index (χ2n) is 6.60. The number of benzene rings is 2. The van der Waals surface area contributed by atoms with Crippen LogP contribution in [0.25, 0.3) is 0 Å². The van der Waals surface area contributed by atoms with E-state index in [2.05, 4.69) is 5.32 Å². The fraction of sp³-hybridized carbons (Fsp3) is 0.316. The van der Waals surface area contributed by atoms with Crippen LogP contribution in [0.15, 0.2) is 30.3 Å².